The van der Waals surface area contributed by atoms with Crippen LogP contribution in [0.4, 0.5) is 5.69 Å². The molecule has 1 heterocycles. The molecular formula is C15H20N4O. The molecule has 0 unspecified atom stereocenters. The van der Waals surface area contributed by atoms with Crippen LogP contribution in [0.15, 0.2) is 43.0 Å². The summed E-state index contributed by atoms with van der Waals surface area (Å²) in [5.74, 6) is -0.0720. The summed E-state index contributed by atoms with van der Waals surface area (Å²) < 4.78 is 1.98. The van der Waals surface area contributed by atoms with Crippen LogP contribution in [-0.2, 0) is 11.3 Å². The number of imidazole rings is 1. The number of anilines is 1. The predicted molar refractivity (Wildman–Crippen MR) is 79.3 cm³/mol. The topological polar surface area (TPSA) is 72.9 Å². The van der Waals surface area contributed by atoms with Crippen LogP contribution >= 0.6 is 0 Å². The monoisotopic (exact) mass is 272 g/mol. The summed E-state index contributed by atoms with van der Waals surface area (Å²) in [5.41, 5.74) is 7.23. The maximum Gasteiger partial charge on any atom is 0.226 e. The standard InChI is InChI=1S/C15H20N4O/c1-15(2,16)9-14(20)18-13-5-3-4-12(8-13)10-19-7-6-17-11-19/h3-8,11H,9-10,16H2,1-2H3,(H,18,20). The molecule has 0 saturated carbocycles. The number of rotatable bonds is 5. The van der Waals surface area contributed by atoms with Gasteiger partial charge in [0.25, 0.3) is 0 Å². The van der Waals surface area contributed by atoms with Gasteiger partial charge in [0.05, 0.1) is 6.33 Å². The minimum Gasteiger partial charge on any atom is -0.333 e. The van der Waals surface area contributed by atoms with Gasteiger partial charge in [0.1, 0.15) is 0 Å². The van der Waals surface area contributed by atoms with Gasteiger partial charge in [-0.3, -0.25) is 4.79 Å². The number of benzene rings is 1. The Balaban J connectivity index is 2.01. The fourth-order valence-corrected chi connectivity index (χ4v) is 1.96. The molecule has 0 aliphatic rings. The molecule has 5 heteroatoms. The number of nitrogens with two attached hydrogens (primary N) is 1. The van der Waals surface area contributed by atoms with Crippen LogP contribution in [0.1, 0.15) is 25.8 Å². The van der Waals surface area contributed by atoms with E-state index in [1.165, 1.54) is 0 Å². The van der Waals surface area contributed by atoms with Gasteiger partial charge in [0.2, 0.25) is 5.91 Å². The van der Waals surface area contributed by atoms with E-state index in [2.05, 4.69) is 10.3 Å². The van der Waals surface area contributed by atoms with Crippen molar-refractivity contribution in [3.05, 3.63) is 48.5 Å². The second-order valence-electron chi connectivity index (χ2n) is 5.65. The Hall–Kier alpha value is -2.14. The van der Waals surface area contributed by atoms with Gasteiger partial charge in [0.15, 0.2) is 0 Å². The van der Waals surface area contributed by atoms with E-state index in [0.717, 1.165) is 17.8 Å². The minimum atomic E-state index is -0.501. The normalized spacial score (nSPS) is 11.3. The molecule has 20 heavy (non-hydrogen) atoms. The average molecular weight is 272 g/mol. The molecule has 106 valence electrons. The zero-order valence-electron chi connectivity index (χ0n) is 11.8. The van der Waals surface area contributed by atoms with Crippen molar-refractivity contribution in [1.82, 2.24) is 9.55 Å². The number of aromatic nitrogens is 2. The van der Waals surface area contributed by atoms with Crippen LogP contribution in [-0.4, -0.2) is 21.0 Å². The van der Waals surface area contributed by atoms with E-state index in [0.29, 0.717) is 6.42 Å². The highest BCUT2D eigenvalue weighted by atomic mass is 16.1. The molecule has 0 aliphatic carbocycles. The third-order valence-corrected chi connectivity index (χ3v) is 2.75. The molecule has 0 bridgehead atoms. The Morgan fingerprint density at radius 1 is 1.45 bits per heavy atom. The number of carbonyl (C=O) groups is 1. The highest BCUT2D eigenvalue weighted by Gasteiger charge is 2.16. The quantitative estimate of drug-likeness (QED) is 0.874. The first-order valence-corrected chi connectivity index (χ1v) is 6.56. The smallest absolute Gasteiger partial charge is 0.226 e. The summed E-state index contributed by atoms with van der Waals surface area (Å²) in [7, 11) is 0. The van der Waals surface area contributed by atoms with Gasteiger partial charge in [-0.05, 0) is 31.5 Å². The third-order valence-electron chi connectivity index (χ3n) is 2.75. The van der Waals surface area contributed by atoms with E-state index in [-0.39, 0.29) is 5.91 Å². The van der Waals surface area contributed by atoms with Gasteiger partial charge in [-0.25, -0.2) is 4.98 Å². The molecule has 0 radical (unpaired) electrons. The molecule has 0 aliphatic heterocycles. The Labute approximate surface area is 118 Å². The van der Waals surface area contributed by atoms with E-state index in [1.807, 2.05) is 48.9 Å². The lowest BCUT2D eigenvalue weighted by Crippen LogP contribution is -2.36. The summed E-state index contributed by atoms with van der Waals surface area (Å²) in [6, 6.07) is 7.78. The van der Waals surface area contributed by atoms with Crippen LogP contribution < -0.4 is 11.1 Å². The Morgan fingerprint density at radius 2 is 2.25 bits per heavy atom. The van der Waals surface area contributed by atoms with E-state index < -0.39 is 5.54 Å². The van der Waals surface area contributed by atoms with Gasteiger partial charge in [-0.1, -0.05) is 12.1 Å². The lowest BCUT2D eigenvalue weighted by molar-refractivity contribution is -0.117. The van der Waals surface area contributed by atoms with Crippen LogP contribution in [0.5, 0.6) is 0 Å². The first kappa shape index (κ1) is 14.3. The van der Waals surface area contributed by atoms with Crippen molar-refractivity contribution >= 4 is 11.6 Å². The SMILES string of the molecule is CC(C)(N)CC(=O)Nc1cccc(Cn2ccnc2)c1. The number of nitrogens with one attached hydrogen (secondary N) is 1. The summed E-state index contributed by atoms with van der Waals surface area (Å²) in [6.45, 7) is 4.40. The van der Waals surface area contributed by atoms with Crippen molar-refractivity contribution in [3.8, 4) is 0 Å². The first-order chi connectivity index (χ1) is 9.42. The Bertz CT molecular complexity index is 570. The van der Waals surface area contributed by atoms with E-state index in [4.69, 9.17) is 5.73 Å². The van der Waals surface area contributed by atoms with Crippen molar-refractivity contribution in [3.63, 3.8) is 0 Å². The van der Waals surface area contributed by atoms with Gasteiger partial charge >= 0.3 is 0 Å². The number of hydrogen-bond acceptors (Lipinski definition) is 3. The molecule has 2 aromatic rings. The van der Waals surface area contributed by atoms with Crippen LogP contribution in [0, 0.1) is 0 Å². The summed E-state index contributed by atoms with van der Waals surface area (Å²) in [5, 5.41) is 2.87. The maximum atomic E-state index is 11.9. The number of nitrogens with zero attached hydrogens (tertiary/aromatic N) is 2. The fourth-order valence-electron chi connectivity index (χ4n) is 1.96. The van der Waals surface area contributed by atoms with Gasteiger partial charge < -0.3 is 15.6 Å². The van der Waals surface area contributed by atoms with Crippen LogP contribution in [0.3, 0.4) is 0 Å². The summed E-state index contributed by atoms with van der Waals surface area (Å²) in [6.07, 6.45) is 5.71. The fraction of sp³-hybridized carbons (Fsp3) is 0.333. The second kappa shape index (κ2) is 5.88. The number of carbonyl (C=O) groups excluding carboxylic acids is 1. The maximum absolute atomic E-state index is 11.9. The zero-order valence-corrected chi connectivity index (χ0v) is 11.8. The summed E-state index contributed by atoms with van der Waals surface area (Å²) >= 11 is 0. The van der Waals surface area contributed by atoms with Crippen molar-refractivity contribution in [2.24, 2.45) is 5.73 Å². The molecule has 0 fully saturated rings. The highest BCUT2D eigenvalue weighted by molar-refractivity contribution is 5.91. The highest BCUT2D eigenvalue weighted by Crippen LogP contribution is 2.13. The largest absolute Gasteiger partial charge is 0.333 e. The van der Waals surface area contributed by atoms with Gasteiger partial charge in [0, 0.05) is 36.6 Å². The van der Waals surface area contributed by atoms with Crippen molar-refractivity contribution in [2.45, 2.75) is 32.4 Å². The zero-order chi connectivity index (χ0) is 14.6. The lowest BCUT2D eigenvalue weighted by Gasteiger charge is -2.17. The van der Waals surface area contributed by atoms with Crippen molar-refractivity contribution < 1.29 is 4.79 Å². The minimum absolute atomic E-state index is 0.0720. The third kappa shape index (κ3) is 4.51. The van der Waals surface area contributed by atoms with E-state index >= 15 is 0 Å². The van der Waals surface area contributed by atoms with Gasteiger partial charge in [-0.2, -0.15) is 0 Å². The van der Waals surface area contributed by atoms with Crippen molar-refractivity contribution in [1.29, 1.82) is 0 Å². The molecule has 0 spiro atoms. The molecule has 0 saturated heterocycles. The average Bonchev–Trinajstić information content (AvgIpc) is 2.79. The molecule has 2 rings (SSSR count). The van der Waals surface area contributed by atoms with Crippen LogP contribution in [0.25, 0.3) is 0 Å². The number of hydrogen-bond donors (Lipinski definition) is 2. The Morgan fingerprint density at radius 3 is 2.90 bits per heavy atom. The van der Waals surface area contributed by atoms with Crippen molar-refractivity contribution in [2.75, 3.05) is 5.32 Å². The molecular weight excluding hydrogens is 252 g/mol. The molecule has 1 aromatic carbocycles. The molecule has 3 N–H and O–H groups in total. The summed E-state index contributed by atoms with van der Waals surface area (Å²) in [4.78, 5) is 15.9. The first-order valence-electron chi connectivity index (χ1n) is 6.56. The second-order valence-corrected chi connectivity index (χ2v) is 5.65. The molecule has 1 aromatic heterocycles. The van der Waals surface area contributed by atoms with Gasteiger partial charge in [-0.15, -0.1) is 0 Å². The van der Waals surface area contributed by atoms with E-state index in [1.54, 1.807) is 12.5 Å². The molecule has 5 nitrogen and oxygen atoms in total. The lowest BCUT2D eigenvalue weighted by atomic mass is 10.0. The Kier molecular flexibility index (Phi) is 4.20. The van der Waals surface area contributed by atoms with Crippen LogP contribution in [0.2, 0.25) is 0 Å². The number of amides is 1. The predicted octanol–water partition coefficient (Wildman–Crippen LogP) is 2.00. The van der Waals surface area contributed by atoms with E-state index in [9.17, 15) is 4.79 Å². The molecule has 1 amide bonds. The molecule has 0 atom stereocenters.